The van der Waals surface area contributed by atoms with Gasteiger partial charge in [-0.25, -0.2) is 8.78 Å². The van der Waals surface area contributed by atoms with Crippen LogP contribution in [0.4, 0.5) is 8.78 Å². The largest absolute Gasteiger partial charge is 0.480 e. The van der Waals surface area contributed by atoms with E-state index in [9.17, 15) is 18.7 Å². The van der Waals surface area contributed by atoms with Crippen LogP contribution < -0.4 is 0 Å². The number of benzene rings is 1. The molecule has 0 bridgehead atoms. The summed E-state index contributed by atoms with van der Waals surface area (Å²) in [7, 11) is 0. The van der Waals surface area contributed by atoms with Crippen molar-refractivity contribution in [1.29, 1.82) is 0 Å². The fourth-order valence-corrected chi connectivity index (χ4v) is 2.72. The maximum absolute atomic E-state index is 13.4. The molecule has 1 heterocycles. The van der Waals surface area contributed by atoms with Crippen molar-refractivity contribution >= 4 is 17.7 Å². The van der Waals surface area contributed by atoms with Gasteiger partial charge < -0.3 is 5.11 Å². The molecule has 0 atom stereocenters. The van der Waals surface area contributed by atoms with E-state index in [0.29, 0.717) is 16.0 Å². The molecule has 0 aliphatic heterocycles. The maximum atomic E-state index is 13.4. The molecule has 21 heavy (non-hydrogen) atoms. The van der Waals surface area contributed by atoms with Gasteiger partial charge in [0.05, 0.1) is 0 Å². The molecule has 0 unspecified atom stereocenters. The Morgan fingerprint density at radius 3 is 2.57 bits per heavy atom. The summed E-state index contributed by atoms with van der Waals surface area (Å²) in [4.78, 5) is 15.8. The molecule has 0 saturated carbocycles. The Morgan fingerprint density at radius 2 is 1.95 bits per heavy atom. The highest BCUT2D eigenvalue weighted by molar-refractivity contribution is 8.01. The number of pyridine rings is 1. The average Bonchev–Trinajstić information content (AvgIpc) is 2.42. The van der Waals surface area contributed by atoms with E-state index in [-0.39, 0.29) is 0 Å². The first kappa shape index (κ1) is 15.4. The minimum atomic E-state index is -1.05. The van der Waals surface area contributed by atoms with Gasteiger partial charge in [0.15, 0.2) is 11.6 Å². The summed E-state index contributed by atoms with van der Waals surface area (Å²) >= 11 is 1.13. The van der Waals surface area contributed by atoms with Gasteiger partial charge in [0.1, 0.15) is 4.75 Å². The summed E-state index contributed by atoms with van der Waals surface area (Å²) in [5.41, 5.74) is 1.02. The second-order valence-corrected chi connectivity index (χ2v) is 6.58. The summed E-state index contributed by atoms with van der Waals surface area (Å²) in [6.07, 6.45) is 3.04. The Morgan fingerprint density at radius 1 is 1.24 bits per heavy atom. The van der Waals surface area contributed by atoms with Crippen LogP contribution in [-0.4, -0.2) is 20.8 Å². The molecule has 0 saturated heterocycles. The molecule has 2 rings (SSSR count). The number of halogens is 2. The van der Waals surface area contributed by atoms with Gasteiger partial charge in [-0.1, -0.05) is 6.07 Å². The third-order valence-corrected chi connectivity index (χ3v) is 4.15. The highest BCUT2D eigenvalue weighted by Crippen LogP contribution is 2.38. The number of carboxylic acids is 1. The fraction of sp³-hybridized carbons (Fsp3) is 0.200. The smallest absolute Gasteiger partial charge is 0.319 e. The van der Waals surface area contributed by atoms with Crippen molar-refractivity contribution in [2.45, 2.75) is 23.5 Å². The van der Waals surface area contributed by atoms with Gasteiger partial charge in [-0.05, 0) is 37.6 Å². The Labute approximate surface area is 125 Å². The quantitative estimate of drug-likeness (QED) is 0.868. The van der Waals surface area contributed by atoms with E-state index in [1.807, 2.05) is 0 Å². The number of hydrogen-bond acceptors (Lipinski definition) is 3. The lowest BCUT2D eigenvalue weighted by atomic mass is 10.1. The Balaban J connectivity index is 2.46. The van der Waals surface area contributed by atoms with Gasteiger partial charge in [0, 0.05) is 22.9 Å². The monoisotopic (exact) mass is 309 g/mol. The van der Waals surface area contributed by atoms with Crippen molar-refractivity contribution in [3.05, 3.63) is 48.3 Å². The zero-order valence-corrected chi connectivity index (χ0v) is 12.2. The van der Waals surface area contributed by atoms with Crippen LogP contribution in [0.25, 0.3) is 11.1 Å². The summed E-state index contributed by atoms with van der Waals surface area (Å²) in [5, 5.41) is 9.20. The summed E-state index contributed by atoms with van der Waals surface area (Å²) in [5.74, 6) is -2.84. The van der Waals surface area contributed by atoms with Crippen LogP contribution in [0, 0.1) is 11.6 Å². The minimum absolute atomic E-state index is 0.450. The molecule has 1 aromatic heterocycles. The van der Waals surface area contributed by atoms with Crippen LogP contribution in [0.5, 0.6) is 0 Å². The molecule has 0 aliphatic carbocycles. The Hall–Kier alpha value is -1.95. The summed E-state index contributed by atoms with van der Waals surface area (Å²) in [6.45, 7) is 3.16. The molecule has 2 aromatic rings. The maximum Gasteiger partial charge on any atom is 0.319 e. The molecule has 0 amide bonds. The van der Waals surface area contributed by atoms with Gasteiger partial charge >= 0.3 is 5.97 Å². The van der Waals surface area contributed by atoms with Crippen molar-refractivity contribution < 1.29 is 18.7 Å². The van der Waals surface area contributed by atoms with E-state index in [1.165, 1.54) is 18.5 Å². The van der Waals surface area contributed by atoms with E-state index in [2.05, 4.69) is 4.98 Å². The number of hydrogen-bond donors (Lipinski definition) is 1. The molecular weight excluding hydrogens is 296 g/mol. The highest BCUT2D eigenvalue weighted by Gasteiger charge is 2.29. The first-order valence-corrected chi connectivity index (χ1v) is 6.95. The highest BCUT2D eigenvalue weighted by atomic mass is 32.2. The third-order valence-electron chi connectivity index (χ3n) is 2.89. The Kier molecular flexibility index (Phi) is 4.27. The van der Waals surface area contributed by atoms with Gasteiger partial charge in [0.25, 0.3) is 0 Å². The zero-order chi connectivity index (χ0) is 15.6. The van der Waals surface area contributed by atoms with Gasteiger partial charge in [0.2, 0.25) is 0 Å². The van der Waals surface area contributed by atoms with E-state index in [0.717, 1.165) is 23.9 Å². The van der Waals surface area contributed by atoms with Crippen molar-refractivity contribution in [3.63, 3.8) is 0 Å². The number of carbonyl (C=O) groups is 1. The van der Waals surface area contributed by atoms with Crippen LogP contribution in [0.3, 0.4) is 0 Å². The second kappa shape index (κ2) is 5.81. The lowest BCUT2D eigenvalue weighted by molar-refractivity contribution is -0.138. The van der Waals surface area contributed by atoms with Crippen molar-refractivity contribution in [2.24, 2.45) is 0 Å². The topological polar surface area (TPSA) is 50.2 Å². The molecule has 3 nitrogen and oxygen atoms in total. The standard InChI is InChI=1S/C15H13F2NO2S/c1-15(2,14(19)20)21-13-5-6-18-8-10(13)9-3-4-11(16)12(17)7-9/h3-8H,1-2H3,(H,19,20). The number of aliphatic carboxylic acids is 1. The summed E-state index contributed by atoms with van der Waals surface area (Å²) in [6, 6.07) is 5.21. The van der Waals surface area contributed by atoms with Crippen LogP contribution >= 0.6 is 11.8 Å². The predicted octanol–water partition coefficient (Wildman–Crippen LogP) is 3.98. The molecule has 1 aromatic carbocycles. The van der Waals surface area contributed by atoms with E-state index in [4.69, 9.17) is 0 Å². The van der Waals surface area contributed by atoms with Crippen LogP contribution in [0.2, 0.25) is 0 Å². The SMILES string of the molecule is CC(C)(Sc1ccncc1-c1ccc(F)c(F)c1)C(=O)O. The normalized spacial score (nSPS) is 11.4. The first-order valence-electron chi connectivity index (χ1n) is 6.13. The summed E-state index contributed by atoms with van der Waals surface area (Å²) < 4.78 is 25.3. The van der Waals surface area contributed by atoms with Crippen LogP contribution in [-0.2, 0) is 4.79 Å². The predicted molar refractivity (Wildman–Crippen MR) is 77.2 cm³/mol. The second-order valence-electron chi connectivity index (χ2n) is 4.92. The van der Waals surface area contributed by atoms with Gasteiger partial charge in [-0.15, -0.1) is 11.8 Å². The van der Waals surface area contributed by atoms with Crippen molar-refractivity contribution in [1.82, 2.24) is 4.98 Å². The lowest BCUT2D eigenvalue weighted by Crippen LogP contribution is -2.27. The first-order chi connectivity index (χ1) is 9.81. The zero-order valence-electron chi connectivity index (χ0n) is 11.4. The van der Waals surface area contributed by atoms with Gasteiger partial charge in [-0.3, -0.25) is 9.78 Å². The fourth-order valence-electron chi connectivity index (χ4n) is 1.67. The average molecular weight is 309 g/mol. The molecule has 0 radical (unpaired) electrons. The number of aromatic nitrogens is 1. The number of thioether (sulfide) groups is 1. The number of carboxylic acid groups (broad SMARTS) is 1. The third kappa shape index (κ3) is 3.39. The molecule has 110 valence electrons. The van der Waals surface area contributed by atoms with Crippen LogP contribution in [0.1, 0.15) is 13.8 Å². The molecular formula is C15H13F2NO2S. The molecule has 0 fully saturated rings. The molecule has 6 heteroatoms. The number of rotatable bonds is 4. The number of nitrogens with zero attached hydrogens (tertiary/aromatic N) is 1. The molecule has 0 aliphatic rings. The van der Waals surface area contributed by atoms with Crippen LogP contribution in [0.15, 0.2) is 41.6 Å². The minimum Gasteiger partial charge on any atom is -0.480 e. The van der Waals surface area contributed by atoms with E-state index >= 15 is 0 Å². The van der Waals surface area contributed by atoms with Crippen molar-refractivity contribution in [3.8, 4) is 11.1 Å². The Bertz CT molecular complexity index is 689. The molecule has 0 spiro atoms. The van der Waals surface area contributed by atoms with Crippen molar-refractivity contribution in [2.75, 3.05) is 0 Å². The van der Waals surface area contributed by atoms with E-state index < -0.39 is 22.4 Å². The van der Waals surface area contributed by atoms with Gasteiger partial charge in [-0.2, -0.15) is 0 Å². The van der Waals surface area contributed by atoms with E-state index in [1.54, 1.807) is 19.9 Å². The molecule has 1 N–H and O–H groups in total. The lowest BCUT2D eigenvalue weighted by Gasteiger charge is -2.20.